The van der Waals surface area contributed by atoms with Gasteiger partial charge in [-0.05, 0) is 96.2 Å². The summed E-state index contributed by atoms with van der Waals surface area (Å²) in [7, 11) is 0. The van der Waals surface area contributed by atoms with Crippen molar-refractivity contribution in [2.75, 3.05) is 39.3 Å². The molecule has 4 N–H and O–H groups in total. The molecule has 2 aromatic carbocycles. The summed E-state index contributed by atoms with van der Waals surface area (Å²) in [6.45, 7) is 6.07. The molecular formula is C47H52N6OS2. The van der Waals surface area contributed by atoms with Gasteiger partial charge in [-0.1, -0.05) is 85.0 Å². The van der Waals surface area contributed by atoms with Gasteiger partial charge in [0.05, 0.1) is 13.1 Å². The molecule has 8 rings (SSSR count). The van der Waals surface area contributed by atoms with Gasteiger partial charge < -0.3 is 21.5 Å². The zero-order valence-corrected chi connectivity index (χ0v) is 33.6. The van der Waals surface area contributed by atoms with Crippen molar-refractivity contribution in [2.24, 2.45) is 11.5 Å². The van der Waals surface area contributed by atoms with Gasteiger partial charge in [0.2, 0.25) is 0 Å². The van der Waals surface area contributed by atoms with E-state index in [1.165, 1.54) is 19.5 Å². The molecule has 0 unspecified atom stereocenters. The Hall–Kier alpha value is -4.61. The lowest BCUT2D eigenvalue weighted by Gasteiger charge is -2.42. The van der Waals surface area contributed by atoms with Crippen LogP contribution < -0.4 is 11.5 Å². The first kappa shape index (κ1) is 38.3. The van der Waals surface area contributed by atoms with Crippen LogP contribution in [0.15, 0.2) is 144 Å². The molecule has 2 saturated heterocycles. The van der Waals surface area contributed by atoms with Crippen molar-refractivity contribution in [1.82, 2.24) is 20.0 Å². The summed E-state index contributed by atoms with van der Waals surface area (Å²) in [5.74, 6) is 1.21. The van der Waals surface area contributed by atoms with Crippen molar-refractivity contribution in [3.8, 4) is 0 Å². The summed E-state index contributed by atoms with van der Waals surface area (Å²) in [5, 5.41) is 9.47. The molecule has 9 heteroatoms. The minimum absolute atomic E-state index is 0.114. The summed E-state index contributed by atoms with van der Waals surface area (Å²) >= 11 is 3.71. The van der Waals surface area contributed by atoms with E-state index in [0.29, 0.717) is 38.0 Å². The molecule has 6 heterocycles. The van der Waals surface area contributed by atoms with Crippen LogP contribution in [0.1, 0.15) is 68.2 Å². The second kappa shape index (κ2) is 18.1. The Kier molecular flexibility index (Phi) is 12.4. The fraction of sp³-hybridized carbons (Fsp3) is 0.298. The predicted molar refractivity (Wildman–Crippen MR) is 233 cm³/mol. The fourth-order valence-electron chi connectivity index (χ4n) is 8.15. The number of nitrogens with zero attached hydrogens (tertiary/aromatic N) is 4. The third-order valence-electron chi connectivity index (χ3n) is 11.3. The number of thiophene rings is 2. The van der Waals surface area contributed by atoms with Crippen LogP contribution in [0.25, 0.3) is 12.2 Å². The van der Waals surface area contributed by atoms with Gasteiger partial charge in [0, 0.05) is 82.3 Å². The number of hydrogen-bond donors (Lipinski definition) is 2. The van der Waals surface area contributed by atoms with Gasteiger partial charge in [-0.3, -0.25) is 4.79 Å². The quantitative estimate of drug-likeness (QED) is 0.149. The lowest BCUT2D eigenvalue weighted by atomic mass is 9.94. The lowest BCUT2D eigenvalue weighted by molar-refractivity contribution is -0.113. The highest BCUT2D eigenvalue weighted by Gasteiger charge is 2.31. The predicted octanol–water partition coefficient (Wildman–Crippen LogP) is 8.86. The molecule has 288 valence electrons. The van der Waals surface area contributed by atoms with E-state index in [-0.39, 0.29) is 5.78 Å². The van der Waals surface area contributed by atoms with E-state index < -0.39 is 0 Å². The molecule has 0 bridgehead atoms. The van der Waals surface area contributed by atoms with E-state index in [4.69, 9.17) is 11.5 Å². The number of hydrazine groups is 2. The number of ketones is 1. The standard InChI is InChI=1S/C47H52N6OS2/c48-29-43-15-17-45(55-43)39-19-23-50(24-20-39)52-31-37(13-11-35-7-3-1-4-8-35)27-41(33-52)47(54)42-28-38(14-12-36-9-5-2-6-10-36)32-53(34-42)51-25-21-40(22-26-51)46-18-16-44(30-49)56-46/h1-18,27-28,31-32,39-40H,19-26,29-30,33-34,48-49H2. The van der Waals surface area contributed by atoms with Gasteiger partial charge in [0.15, 0.2) is 5.78 Å². The summed E-state index contributed by atoms with van der Waals surface area (Å²) in [6.07, 6.45) is 21.5. The first-order valence-electron chi connectivity index (χ1n) is 20.0. The molecule has 0 aliphatic carbocycles. The van der Waals surface area contributed by atoms with Crippen LogP contribution in [0.3, 0.4) is 0 Å². The molecule has 0 radical (unpaired) electrons. The molecular weight excluding hydrogens is 729 g/mol. The Balaban J connectivity index is 1.03. The zero-order valence-electron chi connectivity index (χ0n) is 32.0. The van der Waals surface area contributed by atoms with Crippen LogP contribution in [0, 0.1) is 0 Å². The van der Waals surface area contributed by atoms with E-state index in [2.05, 4.69) is 142 Å². The molecule has 2 fully saturated rings. The fourth-order valence-corrected chi connectivity index (χ4v) is 10.3. The average Bonchev–Trinajstić information content (AvgIpc) is 3.96. The van der Waals surface area contributed by atoms with Crippen LogP contribution in [0.2, 0.25) is 0 Å². The Morgan fingerprint density at radius 2 is 0.982 bits per heavy atom. The van der Waals surface area contributed by atoms with Gasteiger partial charge in [0.25, 0.3) is 0 Å². The summed E-state index contributed by atoms with van der Waals surface area (Å²) in [6, 6.07) is 29.6. The average molecular weight is 781 g/mol. The Morgan fingerprint density at radius 3 is 1.36 bits per heavy atom. The highest BCUT2D eigenvalue weighted by Crippen LogP contribution is 2.36. The van der Waals surface area contributed by atoms with Gasteiger partial charge >= 0.3 is 0 Å². The Labute approximate surface area is 339 Å². The number of allylic oxidation sites excluding steroid dienone is 6. The highest BCUT2D eigenvalue weighted by molar-refractivity contribution is 7.12. The van der Waals surface area contributed by atoms with E-state index in [1.54, 1.807) is 0 Å². The van der Waals surface area contributed by atoms with Gasteiger partial charge in [-0.15, -0.1) is 22.7 Å². The molecule has 4 aliphatic rings. The van der Waals surface area contributed by atoms with Gasteiger partial charge in [0.1, 0.15) is 0 Å². The number of carbonyl (C=O) groups excluding carboxylic acids is 1. The molecule has 0 atom stereocenters. The maximum absolute atomic E-state index is 14.8. The monoisotopic (exact) mass is 780 g/mol. The maximum atomic E-state index is 14.8. The maximum Gasteiger partial charge on any atom is 0.188 e. The van der Waals surface area contributed by atoms with E-state index in [1.807, 2.05) is 34.8 Å². The first-order chi connectivity index (χ1) is 27.5. The lowest BCUT2D eigenvalue weighted by Crippen LogP contribution is -2.47. The summed E-state index contributed by atoms with van der Waals surface area (Å²) < 4.78 is 0. The molecule has 56 heavy (non-hydrogen) atoms. The Morgan fingerprint density at radius 1 is 0.571 bits per heavy atom. The first-order valence-corrected chi connectivity index (χ1v) is 21.6. The second-order valence-electron chi connectivity index (χ2n) is 15.1. The molecule has 2 aromatic heterocycles. The van der Waals surface area contributed by atoms with E-state index in [0.717, 1.165) is 85.3 Å². The number of nitrogens with two attached hydrogens (primary N) is 2. The van der Waals surface area contributed by atoms with Crippen LogP contribution in [0.4, 0.5) is 0 Å². The van der Waals surface area contributed by atoms with Crippen molar-refractivity contribution in [2.45, 2.75) is 50.6 Å². The van der Waals surface area contributed by atoms with Crippen molar-refractivity contribution < 1.29 is 4.79 Å². The second-order valence-corrected chi connectivity index (χ2v) is 17.5. The van der Waals surface area contributed by atoms with Crippen LogP contribution in [-0.4, -0.2) is 65.1 Å². The molecule has 4 aliphatic heterocycles. The van der Waals surface area contributed by atoms with Crippen LogP contribution >= 0.6 is 22.7 Å². The largest absolute Gasteiger partial charge is 0.326 e. The molecule has 7 nitrogen and oxygen atoms in total. The van der Waals surface area contributed by atoms with Crippen molar-refractivity contribution >= 4 is 40.6 Å². The van der Waals surface area contributed by atoms with Gasteiger partial charge in [-0.2, -0.15) is 0 Å². The molecule has 0 saturated carbocycles. The molecule has 4 aromatic rings. The van der Waals surface area contributed by atoms with Crippen LogP contribution in [-0.2, 0) is 17.9 Å². The minimum Gasteiger partial charge on any atom is -0.326 e. The number of benzene rings is 2. The summed E-state index contributed by atoms with van der Waals surface area (Å²) in [5.41, 5.74) is 17.8. The van der Waals surface area contributed by atoms with Crippen molar-refractivity contribution in [3.63, 3.8) is 0 Å². The van der Waals surface area contributed by atoms with Crippen LogP contribution in [0.5, 0.6) is 0 Å². The number of hydrogen-bond acceptors (Lipinski definition) is 9. The number of piperidine rings is 2. The third kappa shape index (κ3) is 9.32. The topological polar surface area (TPSA) is 82.1 Å². The minimum atomic E-state index is 0.114. The third-order valence-corrected chi connectivity index (χ3v) is 13.8. The number of Topliss-reactive ketones (excluding diaryl/α,β-unsaturated/α-hetero) is 1. The summed E-state index contributed by atoms with van der Waals surface area (Å²) in [4.78, 5) is 20.2. The number of rotatable bonds is 12. The van der Waals surface area contributed by atoms with Gasteiger partial charge in [-0.25, -0.2) is 10.0 Å². The van der Waals surface area contributed by atoms with Crippen molar-refractivity contribution in [1.29, 1.82) is 0 Å². The molecule has 0 amide bonds. The van der Waals surface area contributed by atoms with Crippen molar-refractivity contribution in [3.05, 3.63) is 175 Å². The normalized spacial score (nSPS) is 19.4. The SMILES string of the molecule is NCc1ccc(C2CCN(N3C=C(C=Cc4ccccc4)C=C(C(=O)C4=CC(C=Cc5ccccc5)=CN(N5CCC(c6ccc(CN)s6)CC5)C4)C3)CC2)s1. The highest BCUT2D eigenvalue weighted by atomic mass is 32.1. The molecule has 0 spiro atoms. The van der Waals surface area contributed by atoms with E-state index in [9.17, 15) is 4.79 Å². The van der Waals surface area contributed by atoms with E-state index >= 15 is 0 Å². The Bertz CT molecular complexity index is 1990. The smallest absolute Gasteiger partial charge is 0.188 e. The zero-order chi connectivity index (χ0) is 38.3. The number of carbonyl (C=O) groups is 1.